The summed E-state index contributed by atoms with van der Waals surface area (Å²) >= 11 is 0. The van der Waals surface area contributed by atoms with E-state index in [0.717, 1.165) is 24.1 Å². The van der Waals surface area contributed by atoms with E-state index in [1.807, 2.05) is 31.2 Å². The molecule has 3 N–H and O–H groups in total. The van der Waals surface area contributed by atoms with Crippen molar-refractivity contribution in [3.05, 3.63) is 29.8 Å². The molecule has 1 atom stereocenters. The van der Waals surface area contributed by atoms with Crippen molar-refractivity contribution in [1.29, 1.82) is 0 Å². The number of amides is 1. The molecule has 1 aromatic rings. The molecule has 1 rings (SSSR count). The number of nitrogens with one attached hydrogen (secondary N) is 1. The maximum absolute atomic E-state index is 11.7. The van der Waals surface area contributed by atoms with Crippen LogP contribution in [0.5, 0.6) is 0 Å². The summed E-state index contributed by atoms with van der Waals surface area (Å²) in [5.41, 5.74) is 7.76. The molecule has 0 bridgehead atoms. The summed E-state index contributed by atoms with van der Waals surface area (Å²) in [6, 6.07) is 7.71. The zero-order chi connectivity index (χ0) is 12.0. The lowest BCUT2D eigenvalue weighted by Gasteiger charge is -2.11. The SMILES string of the molecule is CCCC(N)CC(=O)Nc1ccccc1C. The third kappa shape index (κ3) is 4.03. The summed E-state index contributed by atoms with van der Waals surface area (Å²) in [5.74, 6) is -0.00440. The van der Waals surface area contributed by atoms with E-state index in [-0.39, 0.29) is 11.9 Å². The van der Waals surface area contributed by atoms with Gasteiger partial charge < -0.3 is 11.1 Å². The van der Waals surface area contributed by atoms with Crippen molar-refractivity contribution in [2.75, 3.05) is 5.32 Å². The number of hydrogen-bond donors (Lipinski definition) is 2. The van der Waals surface area contributed by atoms with Crippen molar-refractivity contribution in [3.63, 3.8) is 0 Å². The largest absolute Gasteiger partial charge is 0.327 e. The second-order valence-electron chi connectivity index (χ2n) is 4.12. The fourth-order valence-corrected chi connectivity index (χ4v) is 1.63. The average molecular weight is 220 g/mol. The number of benzene rings is 1. The van der Waals surface area contributed by atoms with Gasteiger partial charge in [0.25, 0.3) is 0 Å². The van der Waals surface area contributed by atoms with Crippen LogP contribution in [0.3, 0.4) is 0 Å². The third-order valence-corrected chi connectivity index (χ3v) is 2.53. The normalized spacial score (nSPS) is 12.2. The van der Waals surface area contributed by atoms with Gasteiger partial charge in [-0.15, -0.1) is 0 Å². The standard InChI is InChI=1S/C13H20N2O/c1-3-6-11(14)9-13(16)15-12-8-5-4-7-10(12)2/h4-5,7-8,11H,3,6,9,14H2,1-2H3,(H,15,16). The Bertz CT molecular complexity index is 350. The van der Waals surface area contributed by atoms with Gasteiger partial charge >= 0.3 is 0 Å². The van der Waals surface area contributed by atoms with Gasteiger partial charge in [-0.25, -0.2) is 0 Å². The molecule has 16 heavy (non-hydrogen) atoms. The highest BCUT2D eigenvalue weighted by Crippen LogP contribution is 2.13. The van der Waals surface area contributed by atoms with Crippen LogP contribution in [-0.2, 0) is 4.79 Å². The van der Waals surface area contributed by atoms with Crippen LogP contribution in [0.2, 0.25) is 0 Å². The zero-order valence-corrected chi connectivity index (χ0v) is 9.99. The molecule has 0 aromatic heterocycles. The molecule has 1 aromatic carbocycles. The maximum Gasteiger partial charge on any atom is 0.225 e. The van der Waals surface area contributed by atoms with Crippen LogP contribution >= 0.6 is 0 Å². The first-order valence-electron chi connectivity index (χ1n) is 5.74. The Hall–Kier alpha value is -1.35. The Labute approximate surface area is 97.0 Å². The van der Waals surface area contributed by atoms with Crippen LogP contribution in [0.4, 0.5) is 5.69 Å². The minimum Gasteiger partial charge on any atom is -0.327 e. The van der Waals surface area contributed by atoms with Gasteiger partial charge in [0.15, 0.2) is 0 Å². The smallest absolute Gasteiger partial charge is 0.225 e. The average Bonchev–Trinajstić information content (AvgIpc) is 2.21. The summed E-state index contributed by atoms with van der Waals surface area (Å²) < 4.78 is 0. The number of carbonyl (C=O) groups excluding carboxylic acids is 1. The number of hydrogen-bond acceptors (Lipinski definition) is 2. The van der Waals surface area contributed by atoms with E-state index in [4.69, 9.17) is 5.73 Å². The summed E-state index contributed by atoms with van der Waals surface area (Å²) in [4.78, 5) is 11.7. The molecule has 0 radical (unpaired) electrons. The lowest BCUT2D eigenvalue weighted by Crippen LogP contribution is -2.27. The van der Waals surface area contributed by atoms with Gasteiger partial charge in [0.05, 0.1) is 0 Å². The van der Waals surface area contributed by atoms with Gasteiger partial charge in [-0.1, -0.05) is 31.5 Å². The molecule has 0 aliphatic carbocycles. The van der Waals surface area contributed by atoms with E-state index in [2.05, 4.69) is 12.2 Å². The van der Waals surface area contributed by atoms with E-state index < -0.39 is 0 Å². The Morgan fingerprint density at radius 3 is 2.75 bits per heavy atom. The van der Waals surface area contributed by atoms with Gasteiger partial charge in [0, 0.05) is 18.2 Å². The first-order chi connectivity index (χ1) is 7.63. The van der Waals surface area contributed by atoms with Crippen molar-refractivity contribution >= 4 is 11.6 Å². The van der Waals surface area contributed by atoms with Gasteiger partial charge in [-0.05, 0) is 25.0 Å². The van der Waals surface area contributed by atoms with Crippen LogP contribution in [-0.4, -0.2) is 11.9 Å². The van der Waals surface area contributed by atoms with E-state index in [0.29, 0.717) is 6.42 Å². The first-order valence-corrected chi connectivity index (χ1v) is 5.74. The topological polar surface area (TPSA) is 55.1 Å². The molecule has 1 unspecified atom stereocenters. The second kappa shape index (κ2) is 6.28. The lowest BCUT2D eigenvalue weighted by molar-refractivity contribution is -0.116. The molecule has 3 heteroatoms. The van der Waals surface area contributed by atoms with Crippen molar-refractivity contribution in [1.82, 2.24) is 0 Å². The highest BCUT2D eigenvalue weighted by molar-refractivity contribution is 5.91. The van der Waals surface area contributed by atoms with E-state index in [1.54, 1.807) is 0 Å². The van der Waals surface area contributed by atoms with Crippen LogP contribution in [0.1, 0.15) is 31.7 Å². The highest BCUT2D eigenvalue weighted by Gasteiger charge is 2.09. The van der Waals surface area contributed by atoms with E-state index >= 15 is 0 Å². The molecule has 0 aliphatic rings. The van der Waals surface area contributed by atoms with Crippen LogP contribution in [0.25, 0.3) is 0 Å². The number of carbonyl (C=O) groups is 1. The van der Waals surface area contributed by atoms with Gasteiger partial charge in [-0.3, -0.25) is 4.79 Å². The van der Waals surface area contributed by atoms with Crippen molar-refractivity contribution in [3.8, 4) is 0 Å². The quantitative estimate of drug-likeness (QED) is 0.800. The van der Waals surface area contributed by atoms with Crippen molar-refractivity contribution in [2.45, 2.75) is 39.2 Å². The second-order valence-corrected chi connectivity index (χ2v) is 4.12. The predicted molar refractivity (Wildman–Crippen MR) is 67.3 cm³/mol. The van der Waals surface area contributed by atoms with Crippen LogP contribution in [0.15, 0.2) is 24.3 Å². The first kappa shape index (κ1) is 12.7. The summed E-state index contributed by atoms with van der Waals surface area (Å²) in [6.07, 6.45) is 2.29. The van der Waals surface area contributed by atoms with Crippen molar-refractivity contribution in [2.24, 2.45) is 5.73 Å². The summed E-state index contributed by atoms with van der Waals surface area (Å²) in [5, 5.41) is 2.88. The van der Waals surface area contributed by atoms with Gasteiger partial charge in [-0.2, -0.15) is 0 Å². The molecule has 0 fully saturated rings. The highest BCUT2D eigenvalue weighted by atomic mass is 16.1. The molecule has 88 valence electrons. The molecule has 3 nitrogen and oxygen atoms in total. The molecule has 0 aliphatic heterocycles. The monoisotopic (exact) mass is 220 g/mol. The summed E-state index contributed by atoms with van der Waals surface area (Å²) in [6.45, 7) is 4.04. The number of nitrogens with two attached hydrogens (primary N) is 1. The fourth-order valence-electron chi connectivity index (χ4n) is 1.63. The Kier molecular flexibility index (Phi) is 4.99. The fraction of sp³-hybridized carbons (Fsp3) is 0.462. The van der Waals surface area contributed by atoms with Gasteiger partial charge in [0.2, 0.25) is 5.91 Å². The Morgan fingerprint density at radius 2 is 2.12 bits per heavy atom. The number of para-hydroxylation sites is 1. The number of rotatable bonds is 5. The lowest BCUT2D eigenvalue weighted by atomic mass is 10.1. The molecule has 0 saturated heterocycles. The Balaban J connectivity index is 2.49. The molecule has 0 spiro atoms. The van der Waals surface area contributed by atoms with Crippen LogP contribution in [0, 0.1) is 6.92 Å². The van der Waals surface area contributed by atoms with Crippen LogP contribution < -0.4 is 11.1 Å². The van der Waals surface area contributed by atoms with Crippen molar-refractivity contribution < 1.29 is 4.79 Å². The van der Waals surface area contributed by atoms with E-state index in [9.17, 15) is 4.79 Å². The minimum atomic E-state index is -0.0333. The number of aryl methyl sites for hydroxylation is 1. The minimum absolute atomic E-state index is 0.00440. The molecule has 1 amide bonds. The number of anilines is 1. The third-order valence-electron chi connectivity index (χ3n) is 2.53. The Morgan fingerprint density at radius 1 is 1.44 bits per heavy atom. The molecule has 0 saturated carbocycles. The molecular formula is C13H20N2O. The summed E-state index contributed by atoms with van der Waals surface area (Å²) in [7, 11) is 0. The van der Waals surface area contributed by atoms with E-state index in [1.165, 1.54) is 0 Å². The van der Waals surface area contributed by atoms with Gasteiger partial charge in [0.1, 0.15) is 0 Å². The maximum atomic E-state index is 11.7. The zero-order valence-electron chi connectivity index (χ0n) is 9.99. The molecule has 0 heterocycles. The predicted octanol–water partition coefficient (Wildman–Crippen LogP) is 2.45. The molecular weight excluding hydrogens is 200 g/mol.